The first-order valence-corrected chi connectivity index (χ1v) is 5.45. The first kappa shape index (κ1) is 13.8. The SMILES string of the molecule is CCOC(=O)c1ccc(C(=O)N=O)cc1OCC. The van der Waals surface area contributed by atoms with Crippen molar-refractivity contribution in [3.8, 4) is 5.75 Å². The molecule has 0 bridgehead atoms. The van der Waals surface area contributed by atoms with E-state index in [0.29, 0.717) is 6.61 Å². The second-order valence-corrected chi connectivity index (χ2v) is 3.26. The molecule has 1 aromatic carbocycles. The second-order valence-electron chi connectivity index (χ2n) is 3.26. The highest BCUT2D eigenvalue weighted by molar-refractivity contribution is 5.98. The molecule has 0 saturated heterocycles. The molecule has 0 aliphatic heterocycles. The van der Waals surface area contributed by atoms with Crippen molar-refractivity contribution in [2.75, 3.05) is 13.2 Å². The average molecular weight is 251 g/mol. The summed E-state index contributed by atoms with van der Waals surface area (Å²) in [6, 6.07) is 4.01. The molecule has 0 atom stereocenters. The molecule has 0 heterocycles. The summed E-state index contributed by atoms with van der Waals surface area (Å²) in [6.45, 7) is 3.98. The zero-order chi connectivity index (χ0) is 13.5. The van der Waals surface area contributed by atoms with E-state index in [0.717, 1.165) is 0 Å². The largest absolute Gasteiger partial charge is 0.493 e. The first-order chi connectivity index (χ1) is 8.63. The molecule has 0 unspecified atom stereocenters. The van der Waals surface area contributed by atoms with Crippen LogP contribution >= 0.6 is 0 Å². The predicted octanol–water partition coefficient (Wildman–Crippen LogP) is 2.17. The number of rotatable bonds is 5. The van der Waals surface area contributed by atoms with Crippen molar-refractivity contribution in [2.45, 2.75) is 13.8 Å². The van der Waals surface area contributed by atoms with E-state index in [9.17, 15) is 14.5 Å². The number of esters is 1. The summed E-state index contributed by atoms with van der Waals surface area (Å²) in [4.78, 5) is 32.9. The Morgan fingerprint density at radius 1 is 1.22 bits per heavy atom. The van der Waals surface area contributed by atoms with Gasteiger partial charge in [-0.1, -0.05) is 0 Å². The van der Waals surface area contributed by atoms with Crippen LogP contribution in [-0.4, -0.2) is 25.1 Å². The minimum absolute atomic E-state index is 0.0708. The zero-order valence-electron chi connectivity index (χ0n) is 10.1. The van der Waals surface area contributed by atoms with Crippen molar-refractivity contribution < 1.29 is 19.1 Å². The highest BCUT2D eigenvalue weighted by atomic mass is 16.5. The quantitative estimate of drug-likeness (QED) is 0.591. The molecule has 96 valence electrons. The molecule has 0 radical (unpaired) electrons. The topological polar surface area (TPSA) is 82.0 Å². The maximum Gasteiger partial charge on any atom is 0.341 e. The van der Waals surface area contributed by atoms with Gasteiger partial charge in [0, 0.05) is 10.7 Å². The molecule has 0 aliphatic carbocycles. The Morgan fingerprint density at radius 3 is 2.50 bits per heavy atom. The molecule has 0 N–H and O–H groups in total. The third-order valence-electron chi connectivity index (χ3n) is 2.11. The molecular formula is C12H13NO5. The third kappa shape index (κ3) is 3.13. The van der Waals surface area contributed by atoms with Gasteiger partial charge in [0.15, 0.2) is 0 Å². The van der Waals surface area contributed by atoms with Crippen LogP contribution in [0.3, 0.4) is 0 Å². The van der Waals surface area contributed by atoms with Crippen LogP contribution in [0, 0.1) is 4.91 Å². The van der Waals surface area contributed by atoms with Gasteiger partial charge in [0.1, 0.15) is 11.3 Å². The number of carbonyl (C=O) groups excluding carboxylic acids is 2. The molecule has 6 heteroatoms. The number of nitroso groups, excluding NO2 is 1. The number of ether oxygens (including phenoxy) is 2. The third-order valence-corrected chi connectivity index (χ3v) is 2.11. The van der Waals surface area contributed by atoms with Crippen LogP contribution in [0.2, 0.25) is 0 Å². The van der Waals surface area contributed by atoms with Crippen molar-refractivity contribution in [2.24, 2.45) is 5.18 Å². The minimum Gasteiger partial charge on any atom is -0.493 e. The van der Waals surface area contributed by atoms with Crippen molar-refractivity contribution in [1.82, 2.24) is 0 Å². The van der Waals surface area contributed by atoms with Gasteiger partial charge in [-0.15, -0.1) is 4.91 Å². The fraction of sp³-hybridized carbons (Fsp3) is 0.333. The fourth-order valence-electron chi connectivity index (χ4n) is 1.36. The van der Waals surface area contributed by atoms with E-state index in [1.807, 2.05) is 0 Å². The normalized spacial score (nSPS) is 9.67. The minimum atomic E-state index is -0.911. The lowest BCUT2D eigenvalue weighted by Crippen LogP contribution is -2.09. The molecule has 1 aromatic rings. The van der Waals surface area contributed by atoms with Gasteiger partial charge in [-0.05, 0) is 32.0 Å². The Bertz CT molecular complexity index is 470. The van der Waals surface area contributed by atoms with Crippen LogP contribution in [0.25, 0.3) is 0 Å². The Balaban J connectivity index is 3.15. The standard InChI is InChI=1S/C12H13NO5/c1-3-17-10-7-8(11(14)13-16)5-6-9(10)12(15)18-4-2/h5-7H,3-4H2,1-2H3. The monoisotopic (exact) mass is 251 g/mol. The lowest BCUT2D eigenvalue weighted by molar-refractivity contribution is 0.0521. The summed E-state index contributed by atoms with van der Waals surface area (Å²) in [7, 11) is 0. The number of hydrogen-bond donors (Lipinski definition) is 0. The van der Waals surface area contributed by atoms with Crippen molar-refractivity contribution >= 4 is 11.9 Å². The van der Waals surface area contributed by atoms with Crippen LogP contribution in [0.4, 0.5) is 0 Å². The van der Waals surface area contributed by atoms with E-state index in [2.05, 4.69) is 5.18 Å². The number of hydrogen-bond acceptors (Lipinski definition) is 5. The smallest absolute Gasteiger partial charge is 0.341 e. The summed E-state index contributed by atoms with van der Waals surface area (Å²) in [5, 5.41) is 2.31. The molecule has 18 heavy (non-hydrogen) atoms. The Morgan fingerprint density at radius 2 is 1.94 bits per heavy atom. The number of amides is 1. The van der Waals surface area contributed by atoms with Crippen LogP contribution in [0.15, 0.2) is 23.4 Å². The van der Waals surface area contributed by atoms with Crippen molar-refractivity contribution in [1.29, 1.82) is 0 Å². The van der Waals surface area contributed by atoms with Gasteiger partial charge in [-0.25, -0.2) is 4.79 Å². The first-order valence-electron chi connectivity index (χ1n) is 5.45. The van der Waals surface area contributed by atoms with Crippen LogP contribution in [-0.2, 0) is 4.74 Å². The van der Waals surface area contributed by atoms with Gasteiger partial charge in [0.25, 0.3) is 0 Å². The van der Waals surface area contributed by atoms with E-state index in [-0.39, 0.29) is 23.5 Å². The van der Waals surface area contributed by atoms with Crippen molar-refractivity contribution in [3.63, 3.8) is 0 Å². The van der Waals surface area contributed by atoms with Gasteiger partial charge >= 0.3 is 11.9 Å². The van der Waals surface area contributed by atoms with E-state index < -0.39 is 11.9 Å². The lowest BCUT2D eigenvalue weighted by Gasteiger charge is -2.10. The number of carbonyl (C=O) groups is 2. The van der Waals surface area contributed by atoms with Gasteiger partial charge in [0.05, 0.1) is 13.2 Å². The number of benzene rings is 1. The van der Waals surface area contributed by atoms with Gasteiger partial charge in [-0.2, -0.15) is 0 Å². The van der Waals surface area contributed by atoms with Crippen LogP contribution in [0.1, 0.15) is 34.6 Å². The molecule has 0 spiro atoms. The average Bonchev–Trinajstić information content (AvgIpc) is 2.38. The highest BCUT2D eigenvalue weighted by Gasteiger charge is 2.16. The van der Waals surface area contributed by atoms with Crippen LogP contribution in [0.5, 0.6) is 5.75 Å². The summed E-state index contributed by atoms with van der Waals surface area (Å²) < 4.78 is 10.1. The molecule has 6 nitrogen and oxygen atoms in total. The van der Waals surface area contributed by atoms with Gasteiger partial charge in [0.2, 0.25) is 0 Å². The summed E-state index contributed by atoms with van der Waals surface area (Å²) >= 11 is 0. The fourth-order valence-corrected chi connectivity index (χ4v) is 1.36. The molecule has 0 saturated carbocycles. The summed E-state index contributed by atoms with van der Waals surface area (Å²) in [5.74, 6) is -1.25. The Kier molecular flexibility index (Phi) is 4.98. The molecule has 0 aliphatic rings. The van der Waals surface area contributed by atoms with E-state index in [1.165, 1.54) is 18.2 Å². The van der Waals surface area contributed by atoms with E-state index >= 15 is 0 Å². The lowest BCUT2D eigenvalue weighted by atomic mass is 10.1. The van der Waals surface area contributed by atoms with E-state index in [1.54, 1.807) is 13.8 Å². The van der Waals surface area contributed by atoms with E-state index in [4.69, 9.17) is 9.47 Å². The maximum absolute atomic E-state index is 11.6. The summed E-state index contributed by atoms with van der Waals surface area (Å²) in [6.07, 6.45) is 0. The van der Waals surface area contributed by atoms with Crippen molar-refractivity contribution in [3.05, 3.63) is 34.2 Å². The molecule has 0 fully saturated rings. The second kappa shape index (κ2) is 6.48. The molecule has 1 rings (SSSR count). The van der Waals surface area contributed by atoms with Gasteiger partial charge < -0.3 is 9.47 Å². The predicted molar refractivity (Wildman–Crippen MR) is 63.7 cm³/mol. The van der Waals surface area contributed by atoms with Gasteiger partial charge in [-0.3, -0.25) is 4.79 Å². The maximum atomic E-state index is 11.6. The Hall–Kier alpha value is -2.24. The molecule has 0 aromatic heterocycles. The summed E-state index contributed by atoms with van der Waals surface area (Å²) in [5.41, 5.74) is 0.280. The highest BCUT2D eigenvalue weighted by Crippen LogP contribution is 2.22. The molecular weight excluding hydrogens is 238 g/mol. The van der Waals surface area contributed by atoms with Crippen LogP contribution < -0.4 is 4.74 Å². The Labute approximate surface area is 104 Å². The molecule has 1 amide bonds. The number of nitrogens with zero attached hydrogens (tertiary/aromatic N) is 1. The zero-order valence-corrected chi connectivity index (χ0v) is 10.1.